The molecule has 36 heavy (non-hydrogen) atoms. The van der Waals surface area contributed by atoms with Crippen LogP contribution in [0.15, 0.2) is 54.6 Å². The van der Waals surface area contributed by atoms with E-state index in [1.165, 1.54) is 25.7 Å². The monoisotopic (exact) mass is 510 g/mol. The molecule has 1 heterocycles. The number of halogens is 1. The summed E-state index contributed by atoms with van der Waals surface area (Å²) in [5.41, 5.74) is 0.690. The fourth-order valence-electron chi connectivity index (χ4n) is 5.69. The third kappa shape index (κ3) is 7.49. The van der Waals surface area contributed by atoms with E-state index in [2.05, 4.69) is 0 Å². The zero-order valence-electron chi connectivity index (χ0n) is 21.5. The molecule has 2 aromatic carbocycles. The number of rotatable bonds is 10. The van der Waals surface area contributed by atoms with Crippen molar-refractivity contribution in [1.29, 1.82) is 0 Å². The maximum absolute atomic E-state index is 13.4. The highest BCUT2D eigenvalue weighted by Crippen LogP contribution is 2.36. The molecule has 1 saturated carbocycles. The van der Waals surface area contributed by atoms with Gasteiger partial charge >= 0.3 is 0 Å². The van der Waals surface area contributed by atoms with E-state index < -0.39 is 5.41 Å². The van der Waals surface area contributed by atoms with Crippen LogP contribution in [0.25, 0.3) is 0 Å². The number of carbonyl (C=O) groups excluding carboxylic acids is 2. The average molecular weight is 511 g/mol. The average Bonchev–Trinajstić information content (AvgIpc) is 3.41. The van der Waals surface area contributed by atoms with Gasteiger partial charge in [0.05, 0.1) is 6.61 Å². The second kappa shape index (κ2) is 12.6. The number of amides is 2. The summed E-state index contributed by atoms with van der Waals surface area (Å²) in [6.45, 7) is 2.29. The molecule has 2 aromatic rings. The first-order valence-electron chi connectivity index (χ1n) is 13.4. The first-order valence-corrected chi connectivity index (χ1v) is 13.7. The molecule has 2 aliphatic rings. The van der Waals surface area contributed by atoms with Crippen molar-refractivity contribution >= 4 is 23.4 Å². The Kier molecular flexibility index (Phi) is 9.30. The van der Waals surface area contributed by atoms with E-state index >= 15 is 0 Å². The minimum Gasteiger partial charge on any atom is -0.493 e. The van der Waals surface area contributed by atoms with E-state index in [0.29, 0.717) is 43.5 Å². The molecule has 1 saturated heterocycles. The Labute approximate surface area is 220 Å². The van der Waals surface area contributed by atoms with Crippen molar-refractivity contribution in [2.24, 2.45) is 11.3 Å². The van der Waals surface area contributed by atoms with E-state index in [1.54, 1.807) is 4.90 Å². The smallest absolute Gasteiger partial charge is 0.223 e. The Morgan fingerprint density at radius 2 is 1.78 bits per heavy atom. The van der Waals surface area contributed by atoms with Gasteiger partial charge < -0.3 is 14.5 Å². The Morgan fingerprint density at radius 3 is 2.50 bits per heavy atom. The molecule has 194 valence electrons. The lowest BCUT2D eigenvalue weighted by atomic mass is 9.77. The van der Waals surface area contributed by atoms with Gasteiger partial charge in [-0.3, -0.25) is 9.59 Å². The SMILES string of the molecule is CN(Cc1ccccc1)C(=O)C[C@]1(COc2ccc(Cl)cc2)CCCN(C(=O)CCC2CCCC2)C1. The molecule has 1 aliphatic carbocycles. The standard InChI is InChI=1S/C30H39ClN2O3/c1-32(21-25-10-3-2-4-11-25)29(35)20-30(23-36-27-15-13-26(31)14-16-27)18-7-19-33(22-30)28(34)17-12-24-8-5-6-9-24/h2-4,10-11,13-16,24H,5-9,12,17-23H2,1H3/t30-/m1/s1. The second-order valence-corrected chi connectivity index (χ2v) is 11.2. The van der Waals surface area contributed by atoms with Gasteiger partial charge in [-0.1, -0.05) is 67.6 Å². The van der Waals surface area contributed by atoms with Crippen LogP contribution in [-0.2, 0) is 16.1 Å². The van der Waals surface area contributed by atoms with Crippen LogP contribution in [0.3, 0.4) is 0 Å². The second-order valence-electron chi connectivity index (χ2n) is 10.8. The lowest BCUT2D eigenvalue weighted by Crippen LogP contribution is -2.50. The normalized spacial score (nSPS) is 20.3. The predicted molar refractivity (Wildman–Crippen MR) is 144 cm³/mol. The van der Waals surface area contributed by atoms with Crippen LogP contribution in [0, 0.1) is 11.3 Å². The Bertz CT molecular complexity index is 991. The summed E-state index contributed by atoms with van der Waals surface area (Å²) < 4.78 is 6.20. The molecule has 0 bridgehead atoms. The molecule has 0 spiro atoms. The van der Waals surface area contributed by atoms with Crippen molar-refractivity contribution in [1.82, 2.24) is 9.80 Å². The van der Waals surface area contributed by atoms with Gasteiger partial charge in [-0.15, -0.1) is 0 Å². The van der Waals surface area contributed by atoms with Gasteiger partial charge in [0.25, 0.3) is 0 Å². The summed E-state index contributed by atoms with van der Waals surface area (Å²) >= 11 is 6.04. The van der Waals surface area contributed by atoms with Crippen LogP contribution in [0.1, 0.15) is 63.4 Å². The molecule has 0 unspecified atom stereocenters. The van der Waals surface area contributed by atoms with Crippen LogP contribution in [0.4, 0.5) is 0 Å². The Morgan fingerprint density at radius 1 is 1.06 bits per heavy atom. The van der Waals surface area contributed by atoms with Crippen LogP contribution in [-0.4, -0.2) is 48.4 Å². The number of nitrogens with zero attached hydrogens (tertiary/aromatic N) is 2. The highest BCUT2D eigenvalue weighted by atomic mass is 35.5. The molecule has 4 rings (SSSR count). The number of hydrogen-bond donors (Lipinski definition) is 0. The summed E-state index contributed by atoms with van der Waals surface area (Å²) in [5, 5.41) is 0.659. The van der Waals surface area contributed by atoms with Crippen molar-refractivity contribution in [3.63, 3.8) is 0 Å². The maximum Gasteiger partial charge on any atom is 0.223 e. The van der Waals surface area contributed by atoms with E-state index in [-0.39, 0.29) is 11.8 Å². The zero-order chi connectivity index (χ0) is 25.4. The number of hydrogen-bond acceptors (Lipinski definition) is 3. The summed E-state index contributed by atoms with van der Waals surface area (Å²) in [6.07, 6.45) is 8.81. The summed E-state index contributed by atoms with van der Waals surface area (Å²) in [7, 11) is 1.86. The number of carbonyl (C=O) groups is 2. The van der Waals surface area contributed by atoms with Crippen LogP contribution in [0.2, 0.25) is 5.02 Å². The van der Waals surface area contributed by atoms with Crippen molar-refractivity contribution < 1.29 is 14.3 Å². The van der Waals surface area contributed by atoms with Crippen LogP contribution in [0.5, 0.6) is 5.75 Å². The molecule has 6 heteroatoms. The van der Waals surface area contributed by atoms with E-state index in [1.807, 2.05) is 66.5 Å². The minimum absolute atomic E-state index is 0.0822. The predicted octanol–water partition coefficient (Wildman–Crippen LogP) is 6.35. The Hall–Kier alpha value is -2.53. The van der Waals surface area contributed by atoms with Crippen molar-refractivity contribution in [2.45, 2.75) is 64.3 Å². The molecular weight excluding hydrogens is 472 g/mol. The number of piperidine rings is 1. The van der Waals surface area contributed by atoms with Gasteiger partial charge in [-0.25, -0.2) is 0 Å². The molecule has 0 N–H and O–H groups in total. The molecule has 1 atom stereocenters. The van der Waals surface area contributed by atoms with E-state index in [4.69, 9.17) is 16.3 Å². The first kappa shape index (κ1) is 26.5. The van der Waals surface area contributed by atoms with Crippen molar-refractivity contribution in [3.05, 3.63) is 65.2 Å². The molecule has 0 radical (unpaired) electrons. The fraction of sp³-hybridized carbons (Fsp3) is 0.533. The highest BCUT2D eigenvalue weighted by Gasteiger charge is 2.40. The van der Waals surface area contributed by atoms with Gasteiger partial charge in [0.1, 0.15) is 5.75 Å². The van der Waals surface area contributed by atoms with Gasteiger partial charge in [0.15, 0.2) is 0 Å². The van der Waals surface area contributed by atoms with Gasteiger partial charge in [0, 0.05) is 50.0 Å². The molecule has 2 fully saturated rings. The quantitative estimate of drug-likeness (QED) is 0.374. The molecular formula is C30H39ClN2O3. The first-order chi connectivity index (χ1) is 17.4. The summed E-state index contributed by atoms with van der Waals surface area (Å²) in [6, 6.07) is 17.4. The molecule has 0 aromatic heterocycles. The van der Waals surface area contributed by atoms with Gasteiger partial charge in [-0.2, -0.15) is 0 Å². The molecule has 1 aliphatic heterocycles. The van der Waals surface area contributed by atoms with E-state index in [9.17, 15) is 9.59 Å². The number of likely N-dealkylation sites (tertiary alicyclic amines) is 1. The molecule has 5 nitrogen and oxygen atoms in total. The number of benzene rings is 2. The largest absolute Gasteiger partial charge is 0.493 e. The minimum atomic E-state index is -0.414. The van der Waals surface area contributed by atoms with E-state index in [0.717, 1.165) is 37.1 Å². The highest BCUT2D eigenvalue weighted by molar-refractivity contribution is 6.30. The lowest BCUT2D eigenvalue weighted by molar-refractivity contribution is -0.141. The third-order valence-electron chi connectivity index (χ3n) is 7.83. The van der Waals surface area contributed by atoms with Crippen LogP contribution >= 0.6 is 11.6 Å². The Balaban J connectivity index is 1.43. The van der Waals surface area contributed by atoms with Gasteiger partial charge in [0.2, 0.25) is 11.8 Å². The van der Waals surface area contributed by atoms with Crippen LogP contribution < -0.4 is 4.74 Å². The number of ether oxygens (including phenoxy) is 1. The van der Waals surface area contributed by atoms with Gasteiger partial charge in [-0.05, 0) is 55.0 Å². The topological polar surface area (TPSA) is 49.9 Å². The fourth-order valence-corrected chi connectivity index (χ4v) is 5.81. The van der Waals surface area contributed by atoms with Crippen molar-refractivity contribution in [2.75, 3.05) is 26.7 Å². The molecule has 2 amide bonds. The lowest BCUT2D eigenvalue weighted by Gasteiger charge is -2.43. The summed E-state index contributed by atoms with van der Waals surface area (Å²) in [5.74, 6) is 1.74. The third-order valence-corrected chi connectivity index (χ3v) is 8.08. The summed E-state index contributed by atoms with van der Waals surface area (Å²) in [4.78, 5) is 30.4. The maximum atomic E-state index is 13.4. The van der Waals surface area contributed by atoms with Crippen molar-refractivity contribution in [3.8, 4) is 5.75 Å². The zero-order valence-corrected chi connectivity index (χ0v) is 22.2.